The van der Waals surface area contributed by atoms with Crippen molar-refractivity contribution in [1.82, 2.24) is 9.97 Å². The van der Waals surface area contributed by atoms with Gasteiger partial charge in [-0.3, -0.25) is 0 Å². The Bertz CT molecular complexity index is 395. The van der Waals surface area contributed by atoms with Crippen LogP contribution in [0.3, 0.4) is 0 Å². The minimum absolute atomic E-state index is 0.258. The van der Waals surface area contributed by atoms with Crippen LogP contribution in [0.4, 0.5) is 5.82 Å². The van der Waals surface area contributed by atoms with Crippen LogP contribution in [0.2, 0.25) is 0 Å². The van der Waals surface area contributed by atoms with Crippen molar-refractivity contribution < 1.29 is 0 Å². The van der Waals surface area contributed by atoms with Crippen LogP contribution in [0.15, 0.2) is 0 Å². The second-order valence-electron chi connectivity index (χ2n) is 4.37. The monoisotopic (exact) mass is 190 g/mol. The van der Waals surface area contributed by atoms with Crippen molar-refractivity contribution in [2.45, 2.75) is 37.6 Å². The first-order valence-corrected chi connectivity index (χ1v) is 5.14. The smallest absolute Gasteiger partial charge is 0.150 e. The van der Waals surface area contributed by atoms with Gasteiger partial charge in [-0.05, 0) is 32.1 Å². The molecule has 1 saturated carbocycles. The van der Waals surface area contributed by atoms with Crippen molar-refractivity contribution in [3.8, 4) is 0 Å². The van der Waals surface area contributed by atoms with Gasteiger partial charge in [0.05, 0.1) is 5.54 Å². The molecule has 0 unspecified atom stereocenters. The molecular formula is C10H14N4. The summed E-state index contributed by atoms with van der Waals surface area (Å²) in [6.07, 6.45) is 5.19. The maximum atomic E-state index is 6.05. The largest absolute Gasteiger partial charge is 0.383 e. The fourth-order valence-corrected chi connectivity index (χ4v) is 2.04. The zero-order valence-corrected chi connectivity index (χ0v) is 8.08. The van der Waals surface area contributed by atoms with E-state index in [4.69, 9.17) is 11.5 Å². The standard InChI is InChI=1S/C10H14N4/c11-8-6-2-1-3-7(6)13-9(14-8)10(12)4-5-10/h1-5,12H2,(H2,11,13,14). The first-order chi connectivity index (χ1) is 6.69. The second-order valence-corrected chi connectivity index (χ2v) is 4.37. The van der Waals surface area contributed by atoms with Crippen LogP contribution in [-0.4, -0.2) is 9.97 Å². The number of nitrogens with zero attached hydrogens (tertiary/aromatic N) is 2. The molecule has 0 amide bonds. The van der Waals surface area contributed by atoms with Crippen LogP contribution >= 0.6 is 0 Å². The molecule has 4 nitrogen and oxygen atoms in total. The quantitative estimate of drug-likeness (QED) is 0.675. The Hall–Kier alpha value is -1.16. The van der Waals surface area contributed by atoms with Gasteiger partial charge in [-0.1, -0.05) is 0 Å². The van der Waals surface area contributed by atoms with Gasteiger partial charge in [0.15, 0.2) is 5.82 Å². The van der Waals surface area contributed by atoms with Crippen LogP contribution < -0.4 is 11.5 Å². The van der Waals surface area contributed by atoms with Gasteiger partial charge in [-0.15, -0.1) is 0 Å². The lowest BCUT2D eigenvalue weighted by Crippen LogP contribution is -2.23. The van der Waals surface area contributed by atoms with Crippen molar-refractivity contribution >= 4 is 5.82 Å². The van der Waals surface area contributed by atoms with Gasteiger partial charge in [-0.25, -0.2) is 9.97 Å². The first-order valence-electron chi connectivity index (χ1n) is 5.14. The molecule has 4 N–H and O–H groups in total. The van der Waals surface area contributed by atoms with Gasteiger partial charge in [0.25, 0.3) is 0 Å². The Balaban J connectivity index is 2.12. The summed E-state index contributed by atoms with van der Waals surface area (Å²) in [5.74, 6) is 1.41. The van der Waals surface area contributed by atoms with Gasteiger partial charge in [0.1, 0.15) is 5.82 Å². The predicted molar refractivity (Wildman–Crippen MR) is 53.6 cm³/mol. The molecule has 0 bridgehead atoms. The second kappa shape index (κ2) is 2.45. The molecule has 0 spiro atoms. The molecule has 2 aliphatic carbocycles. The number of anilines is 1. The summed E-state index contributed by atoms with van der Waals surface area (Å²) >= 11 is 0. The van der Waals surface area contributed by atoms with Crippen molar-refractivity contribution in [3.63, 3.8) is 0 Å². The molecule has 14 heavy (non-hydrogen) atoms. The van der Waals surface area contributed by atoms with Gasteiger partial charge in [-0.2, -0.15) is 0 Å². The number of nitrogen functional groups attached to an aromatic ring is 1. The van der Waals surface area contributed by atoms with Crippen LogP contribution in [0.1, 0.15) is 36.3 Å². The summed E-state index contributed by atoms with van der Waals surface area (Å²) in [5, 5.41) is 0. The highest BCUT2D eigenvalue weighted by Crippen LogP contribution is 2.41. The molecule has 2 aliphatic rings. The van der Waals surface area contributed by atoms with Crippen molar-refractivity contribution in [3.05, 3.63) is 17.1 Å². The van der Waals surface area contributed by atoms with E-state index in [0.717, 1.165) is 49.2 Å². The van der Waals surface area contributed by atoms with E-state index >= 15 is 0 Å². The van der Waals surface area contributed by atoms with Crippen LogP contribution in [0.25, 0.3) is 0 Å². The zero-order valence-electron chi connectivity index (χ0n) is 8.08. The average molecular weight is 190 g/mol. The van der Waals surface area contributed by atoms with Crippen molar-refractivity contribution in [2.75, 3.05) is 5.73 Å². The molecule has 4 heteroatoms. The minimum atomic E-state index is -0.258. The number of hydrogen-bond donors (Lipinski definition) is 2. The lowest BCUT2D eigenvalue weighted by atomic mass is 10.2. The Kier molecular flexibility index (Phi) is 1.43. The molecule has 0 aliphatic heterocycles. The van der Waals surface area contributed by atoms with Gasteiger partial charge in [0, 0.05) is 11.3 Å². The van der Waals surface area contributed by atoms with Crippen molar-refractivity contribution in [2.24, 2.45) is 5.73 Å². The number of fused-ring (bicyclic) bond motifs is 1. The van der Waals surface area contributed by atoms with E-state index < -0.39 is 0 Å². The summed E-state index contributed by atoms with van der Waals surface area (Å²) in [6, 6.07) is 0. The maximum absolute atomic E-state index is 6.05. The summed E-state index contributed by atoms with van der Waals surface area (Å²) in [6.45, 7) is 0. The van der Waals surface area contributed by atoms with E-state index in [0.29, 0.717) is 5.82 Å². The van der Waals surface area contributed by atoms with Crippen LogP contribution in [0.5, 0.6) is 0 Å². The molecule has 1 aromatic heterocycles. The third-order valence-electron chi connectivity index (χ3n) is 3.20. The number of rotatable bonds is 1. The number of aromatic nitrogens is 2. The highest BCUT2D eigenvalue weighted by atomic mass is 15.0. The number of aryl methyl sites for hydroxylation is 1. The van der Waals surface area contributed by atoms with E-state index in [2.05, 4.69) is 9.97 Å². The minimum Gasteiger partial charge on any atom is -0.383 e. The molecule has 0 atom stereocenters. The van der Waals surface area contributed by atoms with E-state index in [-0.39, 0.29) is 5.54 Å². The molecule has 74 valence electrons. The molecule has 0 aromatic carbocycles. The third kappa shape index (κ3) is 1.04. The summed E-state index contributed by atoms with van der Waals surface area (Å²) < 4.78 is 0. The van der Waals surface area contributed by atoms with Gasteiger partial charge in [0.2, 0.25) is 0 Å². The number of nitrogens with two attached hydrogens (primary N) is 2. The Labute approximate surface area is 82.7 Å². The SMILES string of the molecule is Nc1nc(C2(N)CC2)nc2c1CCC2. The molecular weight excluding hydrogens is 176 g/mol. The normalized spacial score (nSPS) is 22.1. The highest BCUT2D eigenvalue weighted by molar-refractivity contribution is 5.45. The Morgan fingerprint density at radius 3 is 2.64 bits per heavy atom. The molecule has 3 rings (SSSR count). The third-order valence-corrected chi connectivity index (χ3v) is 3.20. The Morgan fingerprint density at radius 2 is 1.93 bits per heavy atom. The van der Waals surface area contributed by atoms with Crippen molar-refractivity contribution in [1.29, 1.82) is 0 Å². The fourth-order valence-electron chi connectivity index (χ4n) is 2.04. The topological polar surface area (TPSA) is 77.8 Å². The van der Waals surface area contributed by atoms with Crippen LogP contribution in [-0.2, 0) is 18.4 Å². The number of hydrogen-bond acceptors (Lipinski definition) is 4. The molecule has 1 fully saturated rings. The van der Waals surface area contributed by atoms with E-state index in [1.807, 2.05) is 0 Å². The lowest BCUT2D eigenvalue weighted by Gasteiger charge is -2.10. The van der Waals surface area contributed by atoms with Crippen LogP contribution in [0, 0.1) is 0 Å². The molecule has 0 radical (unpaired) electrons. The van der Waals surface area contributed by atoms with E-state index in [9.17, 15) is 0 Å². The average Bonchev–Trinajstić information content (AvgIpc) is 2.75. The predicted octanol–water partition coefficient (Wildman–Crippen LogP) is 0.495. The van der Waals surface area contributed by atoms with E-state index in [1.54, 1.807) is 0 Å². The lowest BCUT2D eigenvalue weighted by molar-refractivity contribution is 0.666. The maximum Gasteiger partial charge on any atom is 0.150 e. The summed E-state index contributed by atoms with van der Waals surface area (Å²) in [5.41, 5.74) is 14.0. The van der Waals surface area contributed by atoms with E-state index in [1.165, 1.54) is 0 Å². The molecule has 1 aromatic rings. The van der Waals surface area contributed by atoms with Gasteiger partial charge >= 0.3 is 0 Å². The Morgan fingerprint density at radius 1 is 1.14 bits per heavy atom. The molecule has 0 saturated heterocycles. The first kappa shape index (κ1) is 8.17. The summed E-state index contributed by atoms with van der Waals surface area (Å²) in [4.78, 5) is 8.85. The zero-order chi connectivity index (χ0) is 9.76. The molecule has 1 heterocycles. The summed E-state index contributed by atoms with van der Waals surface area (Å²) in [7, 11) is 0. The fraction of sp³-hybridized carbons (Fsp3) is 0.600. The van der Waals surface area contributed by atoms with Gasteiger partial charge < -0.3 is 11.5 Å². The highest BCUT2D eigenvalue weighted by Gasteiger charge is 2.43.